The molecule has 0 bridgehead atoms. The number of nitrogens with zero attached hydrogens (tertiary/aromatic N) is 7. The van der Waals surface area contributed by atoms with E-state index < -0.39 is 23.4 Å². The van der Waals surface area contributed by atoms with Crippen molar-refractivity contribution in [3.63, 3.8) is 0 Å². The fourth-order valence-corrected chi connectivity index (χ4v) is 5.88. The number of amides is 2. The van der Waals surface area contributed by atoms with Crippen molar-refractivity contribution in [2.24, 2.45) is 5.92 Å². The molecular formula is C33H45N7O4. The standard InChI is InChI=1S/C33H45N7O4/c1-32(2,3)43-30(41)38(31(42)44-33(4,5)6)19-21-14-25(15-21)39-20-26(29(36-39)22-8-9-22)27-16-28-23(17-34-27)18-35-40(28)24-10-12-37(7)13-11-24/h10,16-18,20-22,25H,8-9,11-15,19H2,1-7H3/t21-,25-. The first-order valence-corrected chi connectivity index (χ1v) is 15.8. The summed E-state index contributed by atoms with van der Waals surface area (Å²) in [4.78, 5) is 34.2. The number of ether oxygens (including phenoxy) is 2. The molecule has 236 valence electrons. The van der Waals surface area contributed by atoms with Crippen LogP contribution in [0.25, 0.3) is 27.9 Å². The third-order valence-electron chi connectivity index (χ3n) is 8.37. The van der Waals surface area contributed by atoms with Crippen molar-refractivity contribution in [1.82, 2.24) is 34.3 Å². The van der Waals surface area contributed by atoms with E-state index in [2.05, 4.69) is 39.7 Å². The Morgan fingerprint density at radius 2 is 1.70 bits per heavy atom. The molecule has 6 rings (SSSR count). The molecule has 3 aromatic rings. The first-order chi connectivity index (χ1) is 20.7. The van der Waals surface area contributed by atoms with Gasteiger partial charge in [0.1, 0.15) is 11.2 Å². The minimum Gasteiger partial charge on any atom is -0.443 e. The Balaban J connectivity index is 1.20. The highest BCUT2D eigenvalue weighted by Crippen LogP contribution is 2.46. The van der Waals surface area contributed by atoms with Gasteiger partial charge in [0.25, 0.3) is 0 Å². The fourth-order valence-electron chi connectivity index (χ4n) is 5.88. The monoisotopic (exact) mass is 603 g/mol. The number of hydrogen-bond acceptors (Lipinski definition) is 8. The maximum atomic E-state index is 13.0. The molecule has 3 aliphatic rings. The number of fused-ring (bicyclic) bond motifs is 1. The SMILES string of the molecule is CN1CC=C(n2ncc3cnc(-c4cn([C@H]5C[C@H](CN(C(=O)OC(C)(C)C)C(=O)OC(C)(C)C)C5)nc4C4CC4)cc32)CC1. The summed E-state index contributed by atoms with van der Waals surface area (Å²) >= 11 is 0. The van der Waals surface area contributed by atoms with Crippen molar-refractivity contribution in [2.75, 3.05) is 26.7 Å². The molecule has 0 unspecified atom stereocenters. The Labute approximate surface area is 259 Å². The molecule has 0 atom stereocenters. The third kappa shape index (κ3) is 6.67. The molecule has 2 saturated carbocycles. The Morgan fingerprint density at radius 3 is 2.30 bits per heavy atom. The van der Waals surface area contributed by atoms with Crippen LogP contribution in [0.15, 0.2) is 30.7 Å². The van der Waals surface area contributed by atoms with Crippen LogP contribution < -0.4 is 0 Å². The zero-order valence-electron chi connectivity index (χ0n) is 27.0. The van der Waals surface area contributed by atoms with Gasteiger partial charge in [0.05, 0.1) is 29.1 Å². The Kier molecular flexibility index (Phi) is 7.80. The molecule has 11 nitrogen and oxygen atoms in total. The van der Waals surface area contributed by atoms with Crippen molar-refractivity contribution in [3.8, 4) is 11.3 Å². The molecule has 0 N–H and O–H groups in total. The summed E-state index contributed by atoms with van der Waals surface area (Å²) in [5.41, 5.74) is 3.94. The molecule has 2 amide bonds. The van der Waals surface area contributed by atoms with Gasteiger partial charge in [-0.1, -0.05) is 0 Å². The smallest absolute Gasteiger partial charge is 0.419 e. The summed E-state index contributed by atoms with van der Waals surface area (Å²) < 4.78 is 15.2. The normalized spacial score (nSPS) is 21.1. The molecule has 1 aliphatic heterocycles. The molecule has 0 saturated heterocycles. The van der Waals surface area contributed by atoms with Gasteiger partial charge in [0.2, 0.25) is 0 Å². The van der Waals surface area contributed by atoms with E-state index in [0.29, 0.717) is 5.92 Å². The van der Waals surface area contributed by atoms with E-state index in [4.69, 9.17) is 24.7 Å². The van der Waals surface area contributed by atoms with E-state index in [-0.39, 0.29) is 18.5 Å². The zero-order chi connectivity index (χ0) is 31.4. The molecule has 2 aliphatic carbocycles. The van der Waals surface area contributed by atoms with Gasteiger partial charge in [-0.2, -0.15) is 10.2 Å². The van der Waals surface area contributed by atoms with Gasteiger partial charge in [-0.15, -0.1) is 0 Å². The maximum absolute atomic E-state index is 13.0. The van der Waals surface area contributed by atoms with Crippen molar-refractivity contribution in [1.29, 1.82) is 0 Å². The van der Waals surface area contributed by atoms with Gasteiger partial charge in [0, 0.05) is 61.0 Å². The van der Waals surface area contributed by atoms with Crippen LogP contribution >= 0.6 is 0 Å². The van der Waals surface area contributed by atoms with Crippen LogP contribution in [0, 0.1) is 5.92 Å². The summed E-state index contributed by atoms with van der Waals surface area (Å²) in [7, 11) is 2.13. The van der Waals surface area contributed by atoms with Crippen molar-refractivity contribution < 1.29 is 19.1 Å². The average Bonchev–Trinajstić information content (AvgIpc) is 3.51. The van der Waals surface area contributed by atoms with Crippen LogP contribution in [-0.4, -0.2) is 84.4 Å². The van der Waals surface area contributed by atoms with Gasteiger partial charge in [-0.05, 0) is 92.3 Å². The maximum Gasteiger partial charge on any atom is 0.419 e. The Hall–Kier alpha value is -3.73. The largest absolute Gasteiger partial charge is 0.443 e. The topological polar surface area (TPSA) is 108 Å². The highest BCUT2D eigenvalue weighted by atomic mass is 16.6. The number of rotatable bonds is 6. The highest BCUT2D eigenvalue weighted by Gasteiger charge is 2.39. The first kappa shape index (κ1) is 30.3. The second-order valence-electron chi connectivity index (χ2n) is 14.6. The second-order valence-corrected chi connectivity index (χ2v) is 14.6. The van der Waals surface area contributed by atoms with Gasteiger partial charge in [0.15, 0.2) is 0 Å². The summed E-state index contributed by atoms with van der Waals surface area (Å²) in [6.45, 7) is 12.9. The second kappa shape index (κ2) is 11.3. The van der Waals surface area contributed by atoms with Crippen LogP contribution in [0.2, 0.25) is 0 Å². The Bertz CT molecular complexity index is 1550. The summed E-state index contributed by atoms with van der Waals surface area (Å²) in [6, 6.07) is 2.33. The number of carbonyl (C=O) groups is 2. The minimum absolute atomic E-state index is 0.128. The van der Waals surface area contributed by atoms with Crippen LogP contribution in [0.1, 0.15) is 91.3 Å². The lowest BCUT2D eigenvalue weighted by Gasteiger charge is -2.38. The number of hydrogen-bond donors (Lipinski definition) is 0. The van der Waals surface area contributed by atoms with Crippen molar-refractivity contribution in [3.05, 3.63) is 36.4 Å². The molecular weight excluding hydrogens is 558 g/mol. The number of likely N-dealkylation sites (N-methyl/N-ethyl adjacent to an activating group) is 1. The average molecular weight is 604 g/mol. The van der Waals surface area contributed by atoms with Gasteiger partial charge in [-0.3, -0.25) is 9.67 Å². The molecule has 11 heteroatoms. The quantitative estimate of drug-likeness (QED) is 0.315. The summed E-state index contributed by atoms with van der Waals surface area (Å²) in [5.74, 6) is 0.583. The zero-order valence-corrected chi connectivity index (χ0v) is 27.0. The molecule has 0 aromatic carbocycles. The molecule has 0 radical (unpaired) electrons. The number of carbonyl (C=O) groups excluding carboxylic acids is 2. The molecule has 0 spiro atoms. The number of aromatic nitrogens is 5. The van der Waals surface area contributed by atoms with Gasteiger partial charge >= 0.3 is 12.2 Å². The summed E-state index contributed by atoms with van der Waals surface area (Å²) in [6.07, 6.45) is 11.7. The molecule has 2 fully saturated rings. The Morgan fingerprint density at radius 1 is 1.02 bits per heavy atom. The van der Waals surface area contributed by atoms with Gasteiger partial charge < -0.3 is 14.4 Å². The lowest BCUT2D eigenvalue weighted by molar-refractivity contribution is -0.00641. The molecule has 3 aromatic heterocycles. The van der Waals surface area contributed by atoms with Crippen molar-refractivity contribution >= 4 is 28.8 Å². The first-order valence-electron chi connectivity index (χ1n) is 15.8. The predicted molar refractivity (Wildman–Crippen MR) is 168 cm³/mol. The van der Waals surface area contributed by atoms with Crippen LogP contribution in [0.5, 0.6) is 0 Å². The van der Waals surface area contributed by atoms with E-state index >= 15 is 0 Å². The highest BCUT2D eigenvalue weighted by molar-refractivity contribution is 5.88. The van der Waals surface area contributed by atoms with E-state index in [1.54, 1.807) is 41.5 Å². The van der Waals surface area contributed by atoms with Crippen molar-refractivity contribution in [2.45, 2.75) is 96.8 Å². The van der Waals surface area contributed by atoms with E-state index in [0.717, 1.165) is 77.9 Å². The lowest BCUT2D eigenvalue weighted by atomic mass is 9.80. The van der Waals surface area contributed by atoms with Gasteiger partial charge in [-0.25, -0.2) is 19.2 Å². The minimum atomic E-state index is -0.719. The lowest BCUT2D eigenvalue weighted by Crippen LogP contribution is -2.47. The molecule has 4 heterocycles. The molecule has 44 heavy (non-hydrogen) atoms. The number of imide groups is 1. The fraction of sp³-hybridized carbons (Fsp3) is 0.606. The summed E-state index contributed by atoms with van der Waals surface area (Å²) in [5, 5.41) is 10.8. The van der Waals surface area contributed by atoms with Crippen LogP contribution in [0.4, 0.5) is 9.59 Å². The third-order valence-corrected chi connectivity index (χ3v) is 8.37. The van der Waals surface area contributed by atoms with Crippen LogP contribution in [-0.2, 0) is 9.47 Å². The van der Waals surface area contributed by atoms with Crippen LogP contribution in [0.3, 0.4) is 0 Å². The van der Waals surface area contributed by atoms with E-state index in [9.17, 15) is 9.59 Å². The number of pyridine rings is 1. The van der Waals surface area contributed by atoms with E-state index in [1.165, 1.54) is 5.70 Å². The van der Waals surface area contributed by atoms with E-state index in [1.807, 2.05) is 12.4 Å². The predicted octanol–water partition coefficient (Wildman–Crippen LogP) is 6.47.